The van der Waals surface area contributed by atoms with Gasteiger partial charge in [-0.05, 0) is 18.2 Å². The molecule has 1 aromatic rings. The van der Waals surface area contributed by atoms with Crippen molar-refractivity contribution < 1.29 is 36.5 Å². The van der Waals surface area contributed by atoms with Gasteiger partial charge in [0, 0.05) is 11.6 Å². The van der Waals surface area contributed by atoms with Crippen molar-refractivity contribution in [3.63, 3.8) is 0 Å². The van der Waals surface area contributed by atoms with E-state index >= 15 is 0 Å². The summed E-state index contributed by atoms with van der Waals surface area (Å²) in [7, 11) is 0. The molecule has 0 bridgehead atoms. The number of nitrogens with one attached hydrogen (secondary N) is 1. The van der Waals surface area contributed by atoms with Gasteiger partial charge in [0.2, 0.25) is 0 Å². The molecule has 0 aliphatic rings. The van der Waals surface area contributed by atoms with Crippen LogP contribution in [0.4, 0.5) is 32.0 Å². The first kappa shape index (κ1) is 19.3. The fourth-order valence-corrected chi connectivity index (χ4v) is 1.79. The number of quaternary nitrogens is 1. The Hall–Kier alpha value is -1.77. The average molecular weight is 343 g/mol. The Kier molecular flexibility index (Phi) is 6.04. The zero-order valence-corrected chi connectivity index (χ0v) is 12.5. The summed E-state index contributed by atoms with van der Waals surface area (Å²) in [6.07, 6.45) is -9.88. The molecule has 1 aromatic carbocycles. The highest BCUT2D eigenvalue weighted by atomic mass is 19.4. The molecule has 0 fully saturated rings. The molecule has 0 radical (unpaired) electrons. The topological polar surface area (TPSA) is 45.7 Å². The zero-order chi connectivity index (χ0) is 17.8. The van der Waals surface area contributed by atoms with Crippen molar-refractivity contribution in [3.05, 3.63) is 29.3 Å². The largest absolute Gasteiger partial charge is 0.416 e. The minimum atomic E-state index is -4.94. The summed E-state index contributed by atoms with van der Waals surface area (Å²) in [5.74, 6) is -0.369. The van der Waals surface area contributed by atoms with Gasteiger partial charge in [0.25, 0.3) is 5.91 Å². The number of carbonyl (C=O) groups is 1. The molecule has 0 heterocycles. The minimum Gasteiger partial charge on any atom is -0.338 e. The fourth-order valence-electron chi connectivity index (χ4n) is 1.79. The van der Waals surface area contributed by atoms with Gasteiger partial charge in [-0.25, -0.2) is 0 Å². The molecule has 130 valence electrons. The average Bonchev–Trinajstić information content (AvgIpc) is 2.35. The van der Waals surface area contributed by atoms with E-state index in [4.69, 9.17) is 0 Å². The molecule has 0 aromatic heterocycles. The van der Waals surface area contributed by atoms with Crippen molar-refractivity contribution in [2.24, 2.45) is 5.92 Å². The summed E-state index contributed by atoms with van der Waals surface area (Å²) in [5.41, 5.74) is -3.46. The quantitative estimate of drug-likeness (QED) is 0.794. The van der Waals surface area contributed by atoms with Crippen LogP contribution < -0.4 is 10.6 Å². The fraction of sp³-hybridized carbons (Fsp3) is 0.500. The van der Waals surface area contributed by atoms with Crippen LogP contribution in [0.2, 0.25) is 0 Å². The monoisotopic (exact) mass is 343 g/mol. The lowest BCUT2D eigenvalue weighted by Gasteiger charge is -2.14. The molecule has 1 amide bonds. The van der Waals surface area contributed by atoms with Crippen LogP contribution in [-0.4, -0.2) is 19.0 Å². The van der Waals surface area contributed by atoms with Crippen LogP contribution in [0.3, 0.4) is 0 Å². The number of benzene rings is 1. The Balaban J connectivity index is 2.95. The molecule has 3 N–H and O–H groups in total. The van der Waals surface area contributed by atoms with E-state index in [1.807, 2.05) is 13.8 Å². The van der Waals surface area contributed by atoms with E-state index in [9.17, 15) is 31.1 Å². The summed E-state index contributed by atoms with van der Waals surface area (Å²) >= 11 is 0. The Bertz CT molecular complexity index is 519. The van der Waals surface area contributed by atoms with Crippen molar-refractivity contribution in [3.8, 4) is 0 Å². The number of rotatable bonds is 5. The van der Waals surface area contributed by atoms with Crippen molar-refractivity contribution in [1.29, 1.82) is 0 Å². The number of halogens is 6. The molecular formula is C14H17F6N2O+. The summed E-state index contributed by atoms with van der Waals surface area (Å²) in [6, 6.07) is 0.978. The molecule has 0 unspecified atom stereocenters. The normalized spacial score (nSPS) is 12.6. The highest BCUT2D eigenvalue weighted by molar-refractivity contribution is 5.91. The predicted octanol–water partition coefficient (Wildman–Crippen LogP) is 2.88. The second-order valence-corrected chi connectivity index (χ2v) is 5.47. The molecular weight excluding hydrogens is 326 g/mol. The maximum atomic E-state index is 12.7. The smallest absolute Gasteiger partial charge is 0.338 e. The molecule has 0 saturated carbocycles. The second-order valence-electron chi connectivity index (χ2n) is 5.47. The number of alkyl halides is 6. The first-order valence-electron chi connectivity index (χ1n) is 6.80. The molecule has 0 saturated heterocycles. The van der Waals surface area contributed by atoms with Gasteiger partial charge in [0.05, 0.1) is 17.7 Å². The number of nitrogens with two attached hydrogens (primary N) is 1. The molecule has 0 aliphatic heterocycles. The van der Waals surface area contributed by atoms with Crippen molar-refractivity contribution in [2.45, 2.75) is 26.2 Å². The highest BCUT2D eigenvalue weighted by Gasteiger charge is 2.37. The van der Waals surface area contributed by atoms with E-state index in [2.05, 4.69) is 5.32 Å². The second kappa shape index (κ2) is 7.20. The number of hydrogen-bond donors (Lipinski definition) is 2. The zero-order valence-electron chi connectivity index (χ0n) is 12.5. The van der Waals surface area contributed by atoms with E-state index in [0.29, 0.717) is 24.6 Å². The van der Waals surface area contributed by atoms with Crippen LogP contribution in [-0.2, 0) is 17.1 Å². The maximum Gasteiger partial charge on any atom is 0.416 e. The van der Waals surface area contributed by atoms with Gasteiger partial charge in [-0.15, -0.1) is 0 Å². The third-order valence-electron chi connectivity index (χ3n) is 2.84. The first-order chi connectivity index (χ1) is 10.4. The molecule has 0 spiro atoms. The highest BCUT2D eigenvalue weighted by Crippen LogP contribution is 2.37. The Morgan fingerprint density at radius 3 is 1.91 bits per heavy atom. The van der Waals surface area contributed by atoms with Crippen molar-refractivity contribution in [1.82, 2.24) is 0 Å². The lowest BCUT2D eigenvalue weighted by atomic mass is 10.1. The SMILES string of the molecule is CC(C)C[NH2+]CC(=O)Nc1cc(C(F)(F)F)cc(C(F)(F)F)c1. The van der Waals surface area contributed by atoms with E-state index in [0.717, 1.165) is 0 Å². The van der Waals surface area contributed by atoms with Crippen LogP contribution in [0, 0.1) is 5.92 Å². The maximum absolute atomic E-state index is 12.7. The van der Waals surface area contributed by atoms with Crippen LogP contribution >= 0.6 is 0 Å². The molecule has 0 atom stereocenters. The summed E-state index contributed by atoms with van der Waals surface area (Å²) < 4.78 is 76.1. The predicted molar refractivity (Wildman–Crippen MR) is 71.6 cm³/mol. The number of carbonyl (C=O) groups excluding carboxylic acids is 1. The van der Waals surface area contributed by atoms with Gasteiger partial charge in [-0.2, -0.15) is 26.3 Å². The van der Waals surface area contributed by atoms with Gasteiger partial charge in [-0.3, -0.25) is 4.79 Å². The Labute approximate surface area is 129 Å². The Morgan fingerprint density at radius 1 is 1.04 bits per heavy atom. The standard InChI is InChI=1S/C14H16F6N2O/c1-8(2)6-21-7-12(23)22-11-4-9(13(15,16)17)3-10(5-11)14(18,19)20/h3-5,8,21H,6-7H2,1-2H3,(H,22,23)/p+1. The van der Waals surface area contributed by atoms with Gasteiger partial charge >= 0.3 is 12.4 Å². The third kappa shape index (κ3) is 6.47. The van der Waals surface area contributed by atoms with E-state index < -0.39 is 35.1 Å². The summed E-state index contributed by atoms with van der Waals surface area (Å²) in [4.78, 5) is 11.6. The summed E-state index contributed by atoms with van der Waals surface area (Å²) in [5, 5.41) is 3.69. The van der Waals surface area contributed by atoms with E-state index in [1.54, 1.807) is 5.32 Å². The lowest BCUT2D eigenvalue weighted by Crippen LogP contribution is -2.87. The minimum absolute atomic E-state index is 0.0144. The van der Waals surface area contributed by atoms with Crippen molar-refractivity contribution >= 4 is 11.6 Å². The van der Waals surface area contributed by atoms with Gasteiger partial charge in [-0.1, -0.05) is 13.8 Å². The third-order valence-corrected chi connectivity index (χ3v) is 2.84. The number of anilines is 1. The summed E-state index contributed by atoms with van der Waals surface area (Å²) in [6.45, 7) is 4.35. The van der Waals surface area contributed by atoms with Crippen LogP contribution in [0.5, 0.6) is 0 Å². The first-order valence-corrected chi connectivity index (χ1v) is 6.80. The van der Waals surface area contributed by atoms with E-state index in [1.165, 1.54) is 0 Å². The van der Waals surface area contributed by atoms with Crippen LogP contribution in [0.25, 0.3) is 0 Å². The van der Waals surface area contributed by atoms with Crippen LogP contribution in [0.15, 0.2) is 18.2 Å². The molecule has 3 nitrogen and oxygen atoms in total. The molecule has 1 rings (SSSR count). The Morgan fingerprint density at radius 2 is 1.52 bits per heavy atom. The number of hydrogen-bond acceptors (Lipinski definition) is 1. The molecule has 0 aliphatic carbocycles. The molecule has 23 heavy (non-hydrogen) atoms. The number of amides is 1. The van der Waals surface area contributed by atoms with Crippen LogP contribution in [0.1, 0.15) is 25.0 Å². The molecule has 9 heteroatoms. The lowest BCUT2D eigenvalue weighted by molar-refractivity contribution is -0.648. The van der Waals surface area contributed by atoms with Gasteiger partial charge in [0.15, 0.2) is 6.54 Å². The van der Waals surface area contributed by atoms with E-state index in [-0.39, 0.29) is 12.6 Å². The van der Waals surface area contributed by atoms with Gasteiger partial charge in [0.1, 0.15) is 0 Å². The van der Waals surface area contributed by atoms with Crippen molar-refractivity contribution in [2.75, 3.05) is 18.4 Å². The van der Waals surface area contributed by atoms with Gasteiger partial charge < -0.3 is 10.6 Å².